The van der Waals surface area contributed by atoms with Gasteiger partial charge in [-0.3, -0.25) is 10.2 Å². The van der Waals surface area contributed by atoms with Crippen LogP contribution in [0.1, 0.15) is 25.7 Å². The van der Waals surface area contributed by atoms with E-state index < -0.39 is 5.82 Å². The molecule has 4 rings (SSSR count). The number of carbonyl (C=O) groups is 2. The predicted molar refractivity (Wildman–Crippen MR) is 133 cm³/mol. The van der Waals surface area contributed by atoms with Gasteiger partial charge in [0.15, 0.2) is 5.84 Å². The molecule has 0 atom stereocenters. The Morgan fingerprint density at radius 2 is 1.88 bits per heavy atom. The number of hydrogen-bond acceptors (Lipinski definition) is 6. The number of aromatic nitrogens is 1. The lowest BCUT2D eigenvalue weighted by Crippen LogP contribution is -2.44. The SMILES string of the molecule is N=C(Nc1ccc(F)c(Br)c1)C(=O)C1CCN(C(=O)Nc2ccc(NCC3(N)CC3)nc2)CC1. The lowest BCUT2D eigenvalue weighted by atomic mass is 9.92. The number of amidine groups is 1. The Morgan fingerprint density at radius 3 is 2.50 bits per heavy atom. The van der Waals surface area contributed by atoms with Gasteiger partial charge in [0.25, 0.3) is 0 Å². The minimum atomic E-state index is -0.421. The van der Waals surface area contributed by atoms with E-state index in [1.54, 1.807) is 23.2 Å². The molecule has 0 unspecified atom stereocenters. The van der Waals surface area contributed by atoms with Gasteiger partial charge in [-0.05, 0) is 71.9 Å². The summed E-state index contributed by atoms with van der Waals surface area (Å²) in [6.45, 7) is 1.49. The van der Waals surface area contributed by atoms with E-state index in [9.17, 15) is 14.0 Å². The van der Waals surface area contributed by atoms with Gasteiger partial charge in [0.1, 0.15) is 11.6 Å². The highest BCUT2D eigenvalue weighted by atomic mass is 79.9. The zero-order valence-corrected chi connectivity index (χ0v) is 20.1. The normalized spacial score (nSPS) is 17.1. The smallest absolute Gasteiger partial charge is 0.321 e. The summed E-state index contributed by atoms with van der Waals surface area (Å²) in [5.74, 6) is -0.632. The molecule has 180 valence electrons. The molecule has 9 nitrogen and oxygen atoms in total. The van der Waals surface area contributed by atoms with E-state index in [1.807, 2.05) is 0 Å². The number of amides is 2. The van der Waals surface area contributed by atoms with Crippen molar-refractivity contribution in [1.82, 2.24) is 9.88 Å². The number of benzene rings is 1. The number of Topliss-reactive ketones (excluding diaryl/α,β-unsaturated/α-hetero) is 1. The van der Waals surface area contributed by atoms with Crippen LogP contribution in [-0.4, -0.2) is 52.7 Å². The number of urea groups is 1. The van der Waals surface area contributed by atoms with Crippen molar-refractivity contribution in [3.05, 3.63) is 46.8 Å². The van der Waals surface area contributed by atoms with Crippen LogP contribution < -0.4 is 21.7 Å². The molecule has 2 aliphatic rings. The second kappa shape index (κ2) is 10.1. The van der Waals surface area contributed by atoms with Crippen LogP contribution in [0, 0.1) is 17.1 Å². The number of anilines is 3. The molecule has 2 aromatic rings. The van der Waals surface area contributed by atoms with Gasteiger partial charge in [-0.25, -0.2) is 14.2 Å². The number of carbonyl (C=O) groups excluding carboxylic acids is 2. The van der Waals surface area contributed by atoms with Gasteiger partial charge in [0, 0.05) is 36.8 Å². The Morgan fingerprint density at radius 1 is 1.18 bits per heavy atom. The van der Waals surface area contributed by atoms with Gasteiger partial charge < -0.3 is 26.6 Å². The second-order valence-electron chi connectivity index (χ2n) is 8.83. The van der Waals surface area contributed by atoms with Crippen LogP contribution in [0.5, 0.6) is 0 Å². The largest absolute Gasteiger partial charge is 0.368 e. The molecule has 2 fully saturated rings. The van der Waals surface area contributed by atoms with Crippen LogP contribution in [0.15, 0.2) is 41.0 Å². The summed E-state index contributed by atoms with van der Waals surface area (Å²) in [5, 5.41) is 16.8. The van der Waals surface area contributed by atoms with Crippen LogP contribution >= 0.6 is 15.9 Å². The maximum absolute atomic E-state index is 13.4. The Balaban J connectivity index is 1.22. The quantitative estimate of drug-likeness (QED) is 0.272. The van der Waals surface area contributed by atoms with E-state index in [2.05, 4.69) is 36.9 Å². The highest BCUT2D eigenvalue weighted by molar-refractivity contribution is 9.10. The summed E-state index contributed by atoms with van der Waals surface area (Å²) in [5.41, 5.74) is 6.98. The minimum Gasteiger partial charge on any atom is -0.368 e. The Bertz CT molecular complexity index is 1080. The van der Waals surface area contributed by atoms with Gasteiger partial charge in [-0.2, -0.15) is 0 Å². The number of piperidine rings is 1. The molecule has 1 saturated heterocycles. The predicted octanol–water partition coefficient (Wildman–Crippen LogP) is 3.79. The maximum Gasteiger partial charge on any atom is 0.321 e. The number of pyridine rings is 1. The maximum atomic E-state index is 13.4. The summed E-state index contributed by atoms with van der Waals surface area (Å²) in [4.78, 5) is 31.2. The first-order valence-electron chi connectivity index (χ1n) is 11.1. The lowest BCUT2D eigenvalue weighted by molar-refractivity contribution is -0.117. The third kappa shape index (κ3) is 6.09. The van der Waals surface area contributed by atoms with E-state index in [0.29, 0.717) is 49.7 Å². The number of rotatable bonds is 7. The molecule has 1 aliphatic carbocycles. The van der Waals surface area contributed by atoms with Gasteiger partial charge in [0.2, 0.25) is 5.78 Å². The molecule has 2 amide bonds. The van der Waals surface area contributed by atoms with E-state index in [-0.39, 0.29) is 33.6 Å². The standard InChI is InChI=1S/C23H27BrFN7O2/c24-17-11-15(1-3-18(17)25)30-21(26)20(33)14-5-9-32(10-6-14)22(34)31-16-2-4-19(28-12-16)29-13-23(27)7-8-23/h1-4,11-12,14H,5-10,13,27H2,(H2,26,30)(H,28,29)(H,31,34). The van der Waals surface area contributed by atoms with Crippen molar-refractivity contribution in [3.8, 4) is 0 Å². The van der Waals surface area contributed by atoms with Crippen molar-refractivity contribution in [2.75, 3.05) is 35.6 Å². The van der Waals surface area contributed by atoms with Crippen LogP contribution in [0.2, 0.25) is 0 Å². The highest BCUT2D eigenvalue weighted by Crippen LogP contribution is 2.32. The number of nitrogens with two attached hydrogens (primary N) is 1. The Hall–Kier alpha value is -3.05. The fourth-order valence-corrected chi connectivity index (χ4v) is 4.09. The molecular weight excluding hydrogens is 505 g/mol. The number of ketones is 1. The Labute approximate surface area is 205 Å². The van der Waals surface area contributed by atoms with Crippen molar-refractivity contribution in [2.45, 2.75) is 31.2 Å². The summed E-state index contributed by atoms with van der Waals surface area (Å²) in [6, 6.07) is 7.52. The first-order chi connectivity index (χ1) is 16.2. The molecule has 1 aliphatic heterocycles. The molecular formula is C23H27BrFN7O2. The van der Waals surface area contributed by atoms with Crippen molar-refractivity contribution in [1.29, 1.82) is 5.41 Å². The van der Waals surface area contributed by atoms with Crippen LogP contribution in [0.4, 0.5) is 26.4 Å². The molecule has 1 aromatic carbocycles. The Kier molecular flexibility index (Phi) is 7.13. The van der Waals surface area contributed by atoms with E-state index in [1.165, 1.54) is 18.2 Å². The average molecular weight is 532 g/mol. The monoisotopic (exact) mass is 531 g/mol. The number of nitrogens with one attached hydrogen (secondary N) is 4. The van der Waals surface area contributed by atoms with Crippen molar-refractivity contribution >= 4 is 50.8 Å². The van der Waals surface area contributed by atoms with Gasteiger partial charge in [0.05, 0.1) is 16.4 Å². The molecule has 1 saturated carbocycles. The lowest BCUT2D eigenvalue weighted by Gasteiger charge is -2.31. The van der Waals surface area contributed by atoms with Gasteiger partial charge in [-0.1, -0.05) is 0 Å². The van der Waals surface area contributed by atoms with Gasteiger partial charge >= 0.3 is 6.03 Å². The van der Waals surface area contributed by atoms with Gasteiger partial charge in [-0.15, -0.1) is 0 Å². The molecule has 2 heterocycles. The first-order valence-corrected chi connectivity index (χ1v) is 11.9. The van der Waals surface area contributed by atoms with Crippen LogP contribution in [-0.2, 0) is 4.79 Å². The summed E-state index contributed by atoms with van der Waals surface area (Å²) < 4.78 is 13.6. The van der Waals surface area contributed by atoms with Crippen molar-refractivity contribution < 1.29 is 14.0 Å². The second-order valence-corrected chi connectivity index (χ2v) is 9.69. The van der Waals surface area contributed by atoms with Crippen molar-refractivity contribution in [3.63, 3.8) is 0 Å². The fourth-order valence-electron chi connectivity index (χ4n) is 3.71. The average Bonchev–Trinajstić information content (AvgIpc) is 3.58. The highest BCUT2D eigenvalue weighted by Gasteiger charge is 2.37. The zero-order chi connectivity index (χ0) is 24.3. The van der Waals surface area contributed by atoms with Crippen LogP contribution in [0.3, 0.4) is 0 Å². The topological polar surface area (TPSA) is 136 Å². The number of likely N-dealkylation sites (tertiary alicyclic amines) is 1. The summed E-state index contributed by atoms with van der Waals surface area (Å²) in [6.07, 6.45) is 4.55. The summed E-state index contributed by atoms with van der Waals surface area (Å²) >= 11 is 3.09. The fraction of sp³-hybridized carbons (Fsp3) is 0.391. The first kappa shape index (κ1) is 24.1. The van der Waals surface area contributed by atoms with E-state index in [0.717, 1.165) is 12.8 Å². The molecule has 0 radical (unpaired) electrons. The molecule has 11 heteroatoms. The summed E-state index contributed by atoms with van der Waals surface area (Å²) in [7, 11) is 0. The van der Waals surface area contributed by atoms with E-state index >= 15 is 0 Å². The van der Waals surface area contributed by atoms with Crippen LogP contribution in [0.25, 0.3) is 0 Å². The third-order valence-corrected chi connectivity index (χ3v) is 6.72. The molecule has 0 bridgehead atoms. The van der Waals surface area contributed by atoms with Crippen molar-refractivity contribution in [2.24, 2.45) is 11.7 Å². The van der Waals surface area contributed by atoms with E-state index in [4.69, 9.17) is 11.1 Å². The number of halogens is 2. The molecule has 1 aromatic heterocycles. The molecule has 34 heavy (non-hydrogen) atoms. The minimum absolute atomic E-state index is 0.116. The number of hydrogen-bond donors (Lipinski definition) is 5. The third-order valence-electron chi connectivity index (χ3n) is 6.12. The molecule has 0 spiro atoms. The number of nitrogens with zero attached hydrogens (tertiary/aromatic N) is 2. The molecule has 6 N–H and O–H groups in total. The zero-order valence-electron chi connectivity index (χ0n) is 18.5.